The lowest BCUT2D eigenvalue weighted by Gasteiger charge is -2.36. The van der Waals surface area contributed by atoms with Crippen molar-refractivity contribution in [3.05, 3.63) is 57.4 Å². The molecule has 0 radical (unpaired) electrons. The van der Waals surface area contributed by atoms with E-state index >= 15 is 0 Å². The van der Waals surface area contributed by atoms with E-state index < -0.39 is 5.82 Å². The Balaban J connectivity index is 1.46. The highest BCUT2D eigenvalue weighted by atomic mass is 19.1. The van der Waals surface area contributed by atoms with Crippen LogP contribution in [0.1, 0.15) is 21.7 Å². The van der Waals surface area contributed by atoms with Crippen molar-refractivity contribution in [3.63, 3.8) is 0 Å². The van der Waals surface area contributed by atoms with Gasteiger partial charge in [-0.3, -0.25) is 14.5 Å². The Hall–Kier alpha value is -3.53. The molecule has 3 heterocycles. The number of piperazine rings is 1. The van der Waals surface area contributed by atoms with Crippen molar-refractivity contribution in [1.82, 2.24) is 25.2 Å². The van der Waals surface area contributed by atoms with Crippen LogP contribution in [0.25, 0.3) is 11.0 Å². The van der Waals surface area contributed by atoms with Crippen LogP contribution in [0.2, 0.25) is 0 Å². The Morgan fingerprint density at radius 1 is 1.22 bits per heavy atom. The summed E-state index contributed by atoms with van der Waals surface area (Å²) in [6.45, 7) is 5.07. The average molecular weight is 440 g/mol. The number of rotatable bonds is 5. The van der Waals surface area contributed by atoms with Gasteiger partial charge in [-0.1, -0.05) is 0 Å². The lowest BCUT2D eigenvalue weighted by Crippen LogP contribution is -2.46. The molecule has 1 aromatic carbocycles. The van der Waals surface area contributed by atoms with E-state index in [1.165, 1.54) is 13.2 Å². The van der Waals surface area contributed by atoms with Gasteiger partial charge in [-0.25, -0.2) is 14.4 Å². The molecule has 1 fully saturated rings. The zero-order valence-electron chi connectivity index (χ0n) is 18.2. The molecule has 0 spiro atoms. The van der Waals surface area contributed by atoms with Crippen molar-refractivity contribution in [2.75, 3.05) is 45.2 Å². The fourth-order valence-electron chi connectivity index (χ4n) is 3.87. The molecule has 0 saturated carbocycles. The first-order chi connectivity index (χ1) is 15.4. The third-order valence-corrected chi connectivity index (χ3v) is 5.59. The van der Waals surface area contributed by atoms with Crippen LogP contribution in [0.3, 0.4) is 0 Å². The smallest absolute Gasteiger partial charge is 0.269 e. The summed E-state index contributed by atoms with van der Waals surface area (Å²) in [5, 5.41) is 2.55. The maximum atomic E-state index is 14.5. The highest BCUT2D eigenvalue weighted by Crippen LogP contribution is 2.28. The van der Waals surface area contributed by atoms with Crippen LogP contribution in [0.4, 0.5) is 10.1 Å². The minimum atomic E-state index is -0.442. The molecule has 1 saturated heterocycles. The maximum absolute atomic E-state index is 14.5. The zero-order valence-corrected chi connectivity index (χ0v) is 18.2. The number of nitrogens with zero attached hydrogens (tertiary/aromatic N) is 4. The van der Waals surface area contributed by atoms with Crippen LogP contribution in [-0.4, -0.2) is 66.1 Å². The fourth-order valence-corrected chi connectivity index (χ4v) is 3.87. The van der Waals surface area contributed by atoms with Crippen molar-refractivity contribution in [3.8, 4) is 5.88 Å². The summed E-state index contributed by atoms with van der Waals surface area (Å²) in [7, 11) is 3.09. The Morgan fingerprint density at radius 3 is 2.66 bits per heavy atom. The molecule has 0 bridgehead atoms. The first kappa shape index (κ1) is 21.7. The topological polar surface area (TPSA) is 103 Å². The van der Waals surface area contributed by atoms with Gasteiger partial charge in [0.15, 0.2) is 5.82 Å². The van der Waals surface area contributed by atoms with Crippen LogP contribution >= 0.6 is 0 Å². The third-order valence-electron chi connectivity index (χ3n) is 5.59. The van der Waals surface area contributed by atoms with Crippen LogP contribution < -0.4 is 20.5 Å². The molecule has 32 heavy (non-hydrogen) atoms. The molecule has 0 unspecified atom stereocenters. The van der Waals surface area contributed by atoms with E-state index in [0.717, 1.165) is 37.4 Å². The average Bonchev–Trinajstić information content (AvgIpc) is 2.80. The number of nitrogens with one attached hydrogen (secondary N) is 2. The molecule has 1 aliphatic rings. The number of fused-ring (bicyclic) bond motifs is 1. The van der Waals surface area contributed by atoms with Gasteiger partial charge in [-0.2, -0.15) is 0 Å². The van der Waals surface area contributed by atoms with Crippen molar-refractivity contribution >= 4 is 22.6 Å². The van der Waals surface area contributed by atoms with Crippen LogP contribution in [0.5, 0.6) is 5.88 Å². The number of ether oxygens (including phenoxy) is 1. The molecule has 168 valence electrons. The number of H-pyrrole nitrogens is 1. The van der Waals surface area contributed by atoms with Crippen molar-refractivity contribution in [2.45, 2.75) is 13.5 Å². The molecule has 4 rings (SSSR count). The fraction of sp³-hybridized carbons (Fsp3) is 0.364. The van der Waals surface area contributed by atoms with E-state index in [4.69, 9.17) is 4.74 Å². The van der Waals surface area contributed by atoms with Crippen molar-refractivity contribution < 1.29 is 13.9 Å². The molecular weight excluding hydrogens is 415 g/mol. The summed E-state index contributed by atoms with van der Waals surface area (Å²) in [6, 6.07) is 6.78. The van der Waals surface area contributed by atoms with E-state index in [1.54, 1.807) is 26.1 Å². The van der Waals surface area contributed by atoms with Gasteiger partial charge in [0.05, 0.1) is 18.3 Å². The monoisotopic (exact) mass is 440 g/mol. The second-order valence-electron chi connectivity index (χ2n) is 7.69. The predicted molar refractivity (Wildman–Crippen MR) is 119 cm³/mol. The summed E-state index contributed by atoms with van der Waals surface area (Å²) in [6.07, 6.45) is 0. The van der Waals surface area contributed by atoms with Gasteiger partial charge in [0.2, 0.25) is 5.88 Å². The number of hydrogen-bond acceptors (Lipinski definition) is 7. The summed E-state index contributed by atoms with van der Waals surface area (Å²) >= 11 is 0. The second kappa shape index (κ2) is 8.91. The standard InChI is InChI=1S/C22H25FN6O3/c1-13-20(30)26-17-11-14(10-15(23)19(17)25-13)12-28-6-8-29(9-7-28)18-5-4-16(21(31)24-2)27-22(18)32-3/h4-5,10-11H,6-9,12H2,1-3H3,(H,24,31)(H,26,30). The number of aryl methyl sites for hydroxylation is 1. The number of methoxy groups -OCH3 is 1. The number of aromatic nitrogens is 3. The molecule has 1 aliphatic heterocycles. The van der Waals surface area contributed by atoms with Gasteiger partial charge in [0.1, 0.15) is 16.9 Å². The normalized spacial score (nSPS) is 14.6. The van der Waals surface area contributed by atoms with Gasteiger partial charge in [-0.05, 0) is 36.8 Å². The summed E-state index contributed by atoms with van der Waals surface area (Å²) in [5.74, 6) is -0.306. The number of amides is 1. The van der Waals surface area contributed by atoms with Gasteiger partial charge < -0.3 is 19.9 Å². The minimum Gasteiger partial charge on any atom is -0.480 e. The molecule has 0 atom stereocenters. The molecule has 3 aromatic rings. The van der Waals surface area contributed by atoms with Crippen molar-refractivity contribution in [2.24, 2.45) is 0 Å². The maximum Gasteiger partial charge on any atom is 0.269 e. The largest absolute Gasteiger partial charge is 0.480 e. The highest BCUT2D eigenvalue weighted by molar-refractivity contribution is 5.92. The molecule has 2 aromatic heterocycles. The molecule has 0 aliphatic carbocycles. The Kier molecular flexibility index (Phi) is 6.04. The lowest BCUT2D eigenvalue weighted by atomic mass is 10.1. The van der Waals surface area contributed by atoms with E-state index in [0.29, 0.717) is 23.6 Å². The predicted octanol–water partition coefficient (Wildman–Crippen LogP) is 1.46. The second-order valence-corrected chi connectivity index (χ2v) is 7.69. The van der Waals surface area contributed by atoms with Crippen LogP contribution in [0, 0.1) is 12.7 Å². The number of halogens is 1. The van der Waals surface area contributed by atoms with Crippen LogP contribution in [-0.2, 0) is 6.54 Å². The number of carbonyl (C=O) groups is 1. The summed E-state index contributed by atoms with van der Waals surface area (Å²) < 4.78 is 19.9. The van der Waals surface area contributed by atoms with E-state index in [2.05, 4.69) is 30.1 Å². The quantitative estimate of drug-likeness (QED) is 0.619. The number of pyridine rings is 1. The Morgan fingerprint density at radius 2 is 1.97 bits per heavy atom. The lowest BCUT2D eigenvalue weighted by molar-refractivity contribution is 0.0957. The van der Waals surface area contributed by atoms with Gasteiger partial charge in [0.25, 0.3) is 11.5 Å². The number of aromatic amines is 1. The Bertz CT molecular complexity index is 1220. The summed E-state index contributed by atoms with van der Waals surface area (Å²) in [4.78, 5) is 39.1. The van der Waals surface area contributed by atoms with Crippen LogP contribution in [0.15, 0.2) is 29.1 Å². The molecular formula is C22H25FN6O3. The molecule has 2 N–H and O–H groups in total. The van der Waals surface area contributed by atoms with Gasteiger partial charge in [-0.15, -0.1) is 0 Å². The third kappa shape index (κ3) is 4.26. The van der Waals surface area contributed by atoms with E-state index in [-0.39, 0.29) is 22.7 Å². The molecule has 1 amide bonds. The Labute approximate surface area is 184 Å². The number of carbonyl (C=O) groups excluding carboxylic acids is 1. The zero-order chi connectivity index (χ0) is 22.8. The van der Waals surface area contributed by atoms with Gasteiger partial charge in [0, 0.05) is 39.8 Å². The first-order valence-electron chi connectivity index (χ1n) is 10.3. The number of benzene rings is 1. The minimum absolute atomic E-state index is 0.176. The van der Waals surface area contributed by atoms with E-state index in [1.807, 2.05) is 6.07 Å². The van der Waals surface area contributed by atoms with Gasteiger partial charge >= 0.3 is 0 Å². The number of anilines is 1. The SMILES string of the molecule is CNC(=O)c1ccc(N2CCN(Cc3cc(F)c4nc(C)c(=O)[nH]c4c3)CC2)c(OC)n1. The number of hydrogen-bond donors (Lipinski definition) is 2. The molecule has 10 heteroatoms. The molecule has 9 nitrogen and oxygen atoms in total. The summed E-state index contributed by atoms with van der Waals surface area (Å²) in [5.41, 5.74) is 2.42. The first-order valence-corrected chi connectivity index (χ1v) is 10.3. The van der Waals surface area contributed by atoms with E-state index in [9.17, 15) is 14.0 Å². The highest BCUT2D eigenvalue weighted by Gasteiger charge is 2.22. The van der Waals surface area contributed by atoms with Crippen molar-refractivity contribution in [1.29, 1.82) is 0 Å².